The van der Waals surface area contributed by atoms with Gasteiger partial charge in [-0.2, -0.15) is 0 Å². The van der Waals surface area contributed by atoms with E-state index in [4.69, 9.17) is 4.74 Å². The Morgan fingerprint density at radius 2 is 2.00 bits per heavy atom. The third kappa shape index (κ3) is 4.59. The standard InChI is InChI=1S/C16H19N3O3S/c1-9-6-13(22-4)10(2)5-12(9)18-15(21)8-23-16-17-11(3)7-14(20)19-16/h5-7H,8H2,1-4H3,(H,18,21)(H,17,19,20). The van der Waals surface area contributed by atoms with Crippen LogP contribution in [0.4, 0.5) is 5.69 Å². The van der Waals surface area contributed by atoms with Crippen LogP contribution in [0.1, 0.15) is 16.8 Å². The van der Waals surface area contributed by atoms with E-state index in [1.54, 1.807) is 14.0 Å². The zero-order chi connectivity index (χ0) is 17.0. The van der Waals surface area contributed by atoms with Gasteiger partial charge in [0.15, 0.2) is 5.16 Å². The number of hydrogen-bond donors (Lipinski definition) is 2. The van der Waals surface area contributed by atoms with Gasteiger partial charge in [0, 0.05) is 17.4 Å². The molecule has 2 rings (SSSR count). The number of carbonyl (C=O) groups excluding carboxylic acids is 1. The summed E-state index contributed by atoms with van der Waals surface area (Å²) >= 11 is 1.19. The van der Waals surface area contributed by atoms with Crippen molar-refractivity contribution >= 4 is 23.4 Å². The Hall–Kier alpha value is -2.28. The van der Waals surface area contributed by atoms with Crippen LogP contribution >= 0.6 is 11.8 Å². The van der Waals surface area contributed by atoms with Gasteiger partial charge in [-0.1, -0.05) is 11.8 Å². The lowest BCUT2D eigenvalue weighted by molar-refractivity contribution is -0.113. The maximum absolute atomic E-state index is 12.1. The highest BCUT2D eigenvalue weighted by Crippen LogP contribution is 2.26. The van der Waals surface area contributed by atoms with Crippen LogP contribution in [-0.2, 0) is 4.79 Å². The maximum Gasteiger partial charge on any atom is 0.251 e. The molecule has 0 aliphatic rings. The average Bonchev–Trinajstić information content (AvgIpc) is 2.47. The number of amides is 1. The number of carbonyl (C=O) groups is 1. The monoisotopic (exact) mass is 333 g/mol. The average molecular weight is 333 g/mol. The predicted molar refractivity (Wildman–Crippen MR) is 91.4 cm³/mol. The summed E-state index contributed by atoms with van der Waals surface area (Å²) in [4.78, 5) is 30.2. The largest absolute Gasteiger partial charge is 0.496 e. The number of benzene rings is 1. The minimum atomic E-state index is -0.220. The number of thioether (sulfide) groups is 1. The molecule has 0 spiro atoms. The molecule has 0 saturated carbocycles. The zero-order valence-electron chi connectivity index (χ0n) is 13.5. The first-order valence-corrected chi connectivity index (χ1v) is 8.03. The topological polar surface area (TPSA) is 84.1 Å². The van der Waals surface area contributed by atoms with E-state index >= 15 is 0 Å². The molecule has 0 bridgehead atoms. The summed E-state index contributed by atoms with van der Waals surface area (Å²) in [6.07, 6.45) is 0. The molecule has 0 fully saturated rings. The van der Waals surface area contributed by atoms with E-state index in [0.29, 0.717) is 10.9 Å². The Kier molecular flexibility index (Phi) is 5.44. The molecular weight excluding hydrogens is 314 g/mol. The van der Waals surface area contributed by atoms with Crippen LogP contribution in [0, 0.1) is 20.8 Å². The fourth-order valence-electron chi connectivity index (χ4n) is 2.08. The van der Waals surface area contributed by atoms with Gasteiger partial charge in [0.1, 0.15) is 5.75 Å². The molecule has 122 valence electrons. The number of nitrogens with one attached hydrogen (secondary N) is 2. The van der Waals surface area contributed by atoms with Crippen molar-refractivity contribution in [3.8, 4) is 5.75 Å². The molecule has 0 atom stereocenters. The van der Waals surface area contributed by atoms with Gasteiger partial charge >= 0.3 is 0 Å². The Morgan fingerprint density at radius 3 is 2.65 bits per heavy atom. The van der Waals surface area contributed by atoms with Gasteiger partial charge in [0.25, 0.3) is 5.56 Å². The highest BCUT2D eigenvalue weighted by Gasteiger charge is 2.10. The summed E-state index contributed by atoms with van der Waals surface area (Å²) in [7, 11) is 1.62. The number of H-pyrrole nitrogens is 1. The van der Waals surface area contributed by atoms with Crippen molar-refractivity contribution in [2.75, 3.05) is 18.2 Å². The molecule has 1 heterocycles. The first kappa shape index (κ1) is 17.1. The van der Waals surface area contributed by atoms with Crippen molar-refractivity contribution in [3.63, 3.8) is 0 Å². The second-order valence-electron chi connectivity index (χ2n) is 5.17. The smallest absolute Gasteiger partial charge is 0.251 e. The lowest BCUT2D eigenvalue weighted by Gasteiger charge is -2.12. The predicted octanol–water partition coefficient (Wildman–Crippen LogP) is 2.43. The summed E-state index contributed by atoms with van der Waals surface area (Å²) in [6, 6.07) is 5.18. The van der Waals surface area contributed by atoms with Crippen molar-refractivity contribution < 1.29 is 9.53 Å². The van der Waals surface area contributed by atoms with Crippen LogP contribution < -0.4 is 15.6 Å². The molecule has 1 amide bonds. The lowest BCUT2D eigenvalue weighted by atomic mass is 10.1. The van der Waals surface area contributed by atoms with Crippen molar-refractivity contribution in [2.45, 2.75) is 25.9 Å². The fourth-order valence-corrected chi connectivity index (χ4v) is 2.81. The molecule has 0 aliphatic heterocycles. The van der Waals surface area contributed by atoms with Crippen LogP contribution in [0.15, 0.2) is 28.2 Å². The van der Waals surface area contributed by atoms with Crippen LogP contribution in [-0.4, -0.2) is 28.7 Å². The number of anilines is 1. The highest BCUT2D eigenvalue weighted by molar-refractivity contribution is 7.99. The maximum atomic E-state index is 12.1. The van der Waals surface area contributed by atoms with E-state index in [-0.39, 0.29) is 17.2 Å². The molecule has 6 nitrogen and oxygen atoms in total. The Bertz CT molecular complexity index is 787. The van der Waals surface area contributed by atoms with Gasteiger partial charge in [-0.3, -0.25) is 9.59 Å². The van der Waals surface area contributed by atoms with Crippen LogP contribution in [0.5, 0.6) is 5.75 Å². The van der Waals surface area contributed by atoms with Gasteiger partial charge in [-0.25, -0.2) is 4.98 Å². The van der Waals surface area contributed by atoms with E-state index in [0.717, 1.165) is 22.6 Å². The molecule has 0 aliphatic carbocycles. The molecule has 1 aromatic carbocycles. The van der Waals surface area contributed by atoms with Crippen LogP contribution in [0.25, 0.3) is 0 Å². The van der Waals surface area contributed by atoms with Gasteiger partial charge in [0.05, 0.1) is 12.9 Å². The van der Waals surface area contributed by atoms with E-state index in [9.17, 15) is 9.59 Å². The summed E-state index contributed by atoms with van der Waals surface area (Å²) in [6.45, 7) is 5.57. The summed E-state index contributed by atoms with van der Waals surface area (Å²) in [5.41, 5.74) is 3.03. The highest BCUT2D eigenvalue weighted by atomic mass is 32.2. The van der Waals surface area contributed by atoms with Crippen molar-refractivity contribution in [1.29, 1.82) is 0 Å². The quantitative estimate of drug-likeness (QED) is 0.648. The molecular formula is C16H19N3O3S. The van der Waals surface area contributed by atoms with E-state index in [1.165, 1.54) is 17.8 Å². The number of aryl methyl sites for hydroxylation is 3. The molecule has 2 N–H and O–H groups in total. The van der Waals surface area contributed by atoms with E-state index in [1.807, 2.05) is 26.0 Å². The molecule has 0 saturated heterocycles. The number of hydrogen-bond acceptors (Lipinski definition) is 5. The number of aromatic nitrogens is 2. The second kappa shape index (κ2) is 7.32. The number of ether oxygens (including phenoxy) is 1. The molecule has 2 aromatic rings. The minimum absolute atomic E-state index is 0.160. The van der Waals surface area contributed by atoms with Gasteiger partial charge in [-0.15, -0.1) is 0 Å². The Balaban J connectivity index is 2.02. The first-order chi connectivity index (χ1) is 10.9. The summed E-state index contributed by atoms with van der Waals surface area (Å²) < 4.78 is 5.25. The third-order valence-electron chi connectivity index (χ3n) is 3.20. The molecule has 1 aromatic heterocycles. The van der Waals surface area contributed by atoms with Crippen LogP contribution in [0.2, 0.25) is 0 Å². The first-order valence-electron chi connectivity index (χ1n) is 7.05. The van der Waals surface area contributed by atoms with E-state index in [2.05, 4.69) is 15.3 Å². The Labute approximate surface area is 138 Å². The molecule has 7 heteroatoms. The SMILES string of the molecule is COc1cc(C)c(NC(=O)CSc2nc(C)cc(=O)[nH]2)cc1C. The van der Waals surface area contributed by atoms with Crippen molar-refractivity contribution in [2.24, 2.45) is 0 Å². The number of methoxy groups -OCH3 is 1. The van der Waals surface area contributed by atoms with Gasteiger partial charge < -0.3 is 15.0 Å². The number of rotatable bonds is 5. The molecule has 0 radical (unpaired) electrons. The number of nitrogens with zero attached hydrogens (tertiary/aromatic N) is 1. The lowest BCUT2D eigenvalue weighted by Crippen LogP contribution is -2.16. The normalized spacial score (nSPS) is 10.4. The van der Waals surface area contributed by atoms with Crippen LogP contribution in [0.3, 0.4) is 0 Å². The Morgan fingerprint density at radius 1 is 1.26 bits per heavy atom. The van der Waals surface area contributed by atoms with Crippen molar-refractivity contribution in [1.82, 2.24) is 9.97 Å². The van der Waals surface area contributed by atoms with Gasteiger partial charge in [0.2, 0.25) is 5.91 Å². The minimum Gasteiger partial charge on any atom is -0.496 e. The van der Waals surface area contributed by atoms with E-state index < -0.39 is 0 Å². The zero-order valence-corrected chi connectivity index (χ0v) is 14.3. The third-order valence-corrected chi connectivity index (χ3v) is 4.08. The van der Waals surface area contributed by atoms with Gasteiger partial charge in [-0.05, 0) is 44.0 Å². The number of aromatic amines is 1. The second-order valence-corrected chi connectivity index (χ2v) is 6.13. The molecule has 0 unspecified atom stereocenters. The summed E-state index contributed by atoms with van der Waals surface area (Å²) in [5, 5.41) is 3.30. The molecule has 23 heavy (non-hydrogen) atoms. The summed E-state index contributed by atoms with van der Waals surface area (Å²) in [5.74, 6) is 0.792. The van der Waals surface area contributed by atoms with Crippen molar-refractivity contribution in [3.05, 3.63) is 45.4 Å². The fraction of sp³-hybridized carbons (Fsp3) is 0.312.